The summed E-state index contributed by atoms with van der Waals surface area (Å²) >= 11 is 6.22. The van der Waals surface area contributed by atoms with Crippen molar-refractivity contribution >= 4 is 11.6 Å². The molecular formula is C18H22ClNO. The molecule has 1 atom stereocenters. The van der Waals surface area contributed by atoms with Crippen LogP contribution in [0.2, 0.25) is 5.02 Å². The highest BCUT2D eigenvalue weighted by atomic mass is 35.5. The molecule has 2 nitrogen and oxygen atoms in total. The van der Waals surface area contributed by atoms with Crippen molar-refractivity contribution in [1.29, 1.82) is 0 Å². The van der Waals surface area contributed by atoms with E-state index in [0.29, 0.717) is 16.8 Å². The average molecular weight is 304 g/mol. The Kier molecular flexibility index (Phi) is 5.66. The molecule has 0 amide bonds. The van der Waals surface area contributed by atoms with Crippen LogP contribution >= 0.6 is 11.6 Å². The molecule has 0 bridgehead atoms. The number of hydrogen-bond acceptors (Lipinski definition) is 2. The summed E-state index contributed by atoms with van der Waals surface area (Å²) in [6, 6.07) is 14.9. The van der Waals surface area contributed by atoms with Gasteiger partial charge in [0.15, 0.2) is 0 Å². The molecule has 0 spiro atoms. The Balaban J connectivity index is 2.34. The summed E-state index contributed by atoms with van der Waals surface area (Å²) in [7, 11) is 1.63. The van der Waals surface area contributed by atoms with E-state index in [1.807, 2.05) is 18.2 Å². The lowest BCUT2D eigenvalue weighted by Crippen LogP contribution is -2.19. The van der Waals surface area contributed by atoms with Gasteiger partial charge in [-0.25, -0.2) is 0 Å². The number of rotatable bonds is 6. The first kappa shape index (κ1) is 15.9. The minimum atomic E-state index is 0.392. The molecule has 0 saturated heterocycles. The fraction of sp³-hybridized carbons (Fsp3) is 0.333. The van der Waals surface area contributed by atoms with Gasteiger partial charge in [0.25, 0.3) is 0 Å². The normalized spacial score (nSPS) is 12.2. The number of ether oxygens (including phenoxy) is 1. The molecular weight excluding hydrogens is 282 g/mol. The molecule has 112 valence electrons. The van der Waals surface area contributed by atoms with Crippen LogP contribution < -0.4 is 10.1 Å². The highest BCUT2D eigenvalue weighted by Crippen LogP contribution is 2.31. The third kappa shape index (κ3) is 3.78. The molecule has 2 aromatic carbocycles. The van der Waals surface area contributed by atoms with Crippen molar-refractivity contribution in [3.05, 3.63) is 53.1 Å². The third-order valence-corrected chi connectivity index (χ3v) is 3.93. The summed E-state index contributed by atoms with van der Waals surface area (Å²) < 4.78 is 5.21. The first-order chi connectivity index (χ1) is 10.2. The number of hydrogen-bond donors (Lipinski definition) is 1. The molecule has 0 aliphatic heterocycles. The molecule has 0 aliphatic rings. The van der Waals surface area contributed by atoms with E-state index in [-0.39, 0.29) is 0 Å². The highest BCUT2D eigenvalue weighted by Gasteiger charge is 2.09. The van der Waals surface area contributed by atoms with E-state index in [1.165, 1.54) is 11.1 Å². The minimum absolute atomic E-state index is 0.392. The molecule has 21 heavy (non-hydrogen) atoms. The van der Waals surface area contributed by atoms with Crippen molar-refractivity contribution in [1.82, 2.24) is 5.32 Å². The maximum Gasteiger partial charge on any atom is 0.137 e. The molecule has 1 N–H and O–H groups in total. The molecule has 0 saturated carbocycles. The van der Waals surface area contributed by atoms with E-state index in [9.17, 15) is 0 Å². The number of halogens is 1. The van der Waals surface area contributed by atoms with Crippen LogP contribution in [0.4, 0.5) is 0 Å². The van der Waals surface area contributed by atoms with Gasteiger partial charge < -0.3 is 10.1 Å². The van der Waals surface area contributed by atoms with Crippen LogP contribution in [0.1, 0.15) is 31.9 Å². The van der Waals surface area contributed by atoms with Crippen LogP contribution in [0, 0.1) is 0 Å². The Morgan fingerprint density at radius 3 is 2.48 bits per heavy atom. The van der Waals surface area contributed by atoms with E-state index < -0.39 is 0 Å². The molecule has 0 radical (unpaired) electrons. The van der Waals surface area contributed by atoms with Gasteiger partial charge in [-0.2, -0.15) is 0 Å². The van der Waals surface area contributed by atoms with Crippen LogP contribution in [-0.2, 0) is 0 Å². The number of benzene rings is 2. The monoisotopic (exact) mass is 303 g/mol. The fourth-order valence-corrected chi connectivity index (χ4v) is 2.78. The Morgan fingerprint density at radius 2 is 1.86 bits per heavy atom. The van der Waals surface area contributed by atoms with Crippen molar-refractivity contribution in [2.75, 3.05) is 13.7 Å². The van der Waals surface area contributed by atoms with E-state index in [4.69, 9.17) is 16.3 Å². The largest absolute Gasteiger partial charge is 0.495 e. The summed E-state index contributed by atoms with van der Waals surface area (Å²) in [6.07, 6.45) is 1.07. The van der Waals surface area contributed by atoms with Crippen LogP contribution in [-0.4, -0.2) is 13.7 Å². The van der Waals surface area contributed by atoms with Crippen molar-refractivity contribution in [2.45, 2.75) is 26.3 Å². The van der Waals surface area contributed by atoms with Crippen molar-refractivity contribution < 1.29 is 4.74 Å². The maximum atomic E-state index is 6.22. The summed E-state index contributed by atoms with van der Waals surface area (Å²) in [5.74, 6) is 0.704. The second-order valence-corrected chi connectivity index (χ2v) is 5.40. The van der Waals surface area contributed by atoms with Crippen LogP contribution in [0.3, 0.4) is 0 Å². The molecule has 0 heterocycles. The predicted molar refractivity (Wildman–Crippen MR) is 90.1 cm³/mol. The molecule has 2 rings (SSSR count). The summed E-state index contributed by atoms with van der Waals surface area (Å²) in [5, 5.41) is 4.15. The molecule has 0 aromatic heterocycles. The van der Waals surface area contributed by atoms with Crippen molar-refractivity contribution in [3.8, 4) is 16.9 Å². The molecule has 0 aliphatic carbocycles. The SMILES string of the molecule is CCNC(CC)c1cccc(-c2ccc(OC)c(Cl)c2)c1. The summed E-state index contributed by atoms with van der Waals surface area (Å²) in [4.78, 5) is 0. The van der Waals surface area contributed by atoms with Gasteiger partial charge in [0, 0.05) is 6.04 Å². The van der Waals surface area contributed by atoms with E-state index >= 15 is 0 Å². The Bertz CT molecular complexity index is 598. The predicted octanol–water partition coefficient (Wildman–Crippen LogP) is 5.08. The second-order valence-electron chi connectivity index (χ2n) is 4.99. The number of methoxy groups -OCH3 is 1. The lowest BCUT2D eigenvalue weighted by Gasteiger charge is -2.17. The Hall–Kier alpha value is -1.51. The maximum absolute atomic E-state index is 6.22. The van der Waals surface area contributed by atoms with Crippen LogP contribution in [0.15, 0.2) is 42.5 Å². The van der Waals surface area contributed by atoms with Crippen LogP contribution in [0.25, 0.3) is 11.1 Å². The minimum Gasteiger partial charge on any atom is -0.495 e. The summed E-state index contributed by atoms with van der Waals surface area (Å²) in [5.41, 5.74) is 3.59. The molecule has 3 heteroatoms. The van der Waals surface area contributed by atoms with Gasteiger partial charge in [-0.05, 0) is 47.9 Å². The smallest absolute Gasteiger partial charge is 0.137 e. The standard InChI is InChI=1S/C18H22ClNO/c1-4-17(20-5-2)15-8-6-7-13(11-15)14-9-10-18(21-3)16(19)12-14/h6-12,17,20H,4-5H2,1-3H3. The Labute approximate surface area is 132 Å². The van der Waals surface area contributed by atoms with Gasteiger partial charge >= 0.3 is 0 Å². The van der Waals surface area contributed by atoms with Gasteiger partial charge in [-0.1, -0.05) is 49.7 Å². The lowest BCUT2D eigenvalue weighted by atomic mass is 9.98. The van der Waals surface area contributed by atoms with E-state index in [0.717, 1.165) is 18.5 Å². The number of nitrogens with one attached hydrogen (secondary N) is 1. The zero-order valence-corrected chi connectivity index (χ0v) is 13.6. The van der Waals surface area contributed by atoms with Gasteiger partial charge in [-0.15, -0.1) is 0 Å². The van der Waals surface area contributed by atoms with E-state index in [1.54, 1.807) is 7.11 Å². The quantitative estimate of drug-likeness (QED) is 0.804. The molecule has 1 unspecified atom stereocenters. The van der Waals surface area contributed by atoms with Gasteiger partial charge in [0.05, 0.1) is 12.1 Å². The van der Waals surface area contributed by atoms with Gasteiger partial charge in [0.1, 0.15) is 5.75 Å². The topological polar surface area (TPSA) is 21.3 Å². The van der Waals surface area contributed by atoms with E-state index in [2.05, 4.69) is 43.4 Å². The van der Waals surface area contributed by atoms with Crippen molar-refractivity contribution in [2.24, 2.45) is 0 Å². The van der Waals surface area contributed by atoms with Crippen LogP contribution in [0.5, 0.6) is 5.75 Å². The fourth-order valence-electron chi connectivity index (χ4n) is 2.53. The zero-order chi connectivity index (χ0) is 15.2. The average Bonchev–Trinajstić information content (AvgIpc) is 2.52. The molecule has 2 aromatic rings. The van der Waals surface area contributed by atoms with Gasteiger partial charge in [-0.3, -0.25) is 0 Å². The zero-order valence-electron chi connectivity index (χ0n) is 12.8. The molecule has 0 fully saturated rings. The third-order valence-electron chi connectivity index (χ3n) is 3.63. The van der Waals surface area contributed by atoms with Gasteiger partial charge in [0.2, 0.25) is 0 Å². The highest BCUT2D eigenvalue weighted by molar-refractivity contribution is 6.32. The second kappa shape index (κ2) is 7.48. The Morgan fingerprint density at radius 1 is 1.10 bits per heavy atom. The first-order valence-electron chi connectivity index (χ1n) is 7.36. The van der Waals surface area contributed by atoms with Crippen molar-refractivity contribution in [3.63, 3.8) is 0 Å². The lowest BCUT2D eigenvalue weighted by molar-refractivity contribution is 0.415. The summed E-state index contributed by atoms with van der Waals surface area (Å²) in [6.45, 7) is 5.30. The first-order valence-corrected chi connectivity index (χ1v) is 7.74.